The van der Waals surface area contributed by atoms with E-state index >= 15 is 0 Å². The van der Waals surface area contributed by atoms with Crippen LogP contribution in [0.25, 0.3) is 0 Å². The summed E-state index contributed by atoms with van der Waals surface area (Å²) in [5, 5.41) is 3.97. The lowest BCUT2D eigenvalue weighted by molar-refractivity contribution is -0.107. The highest BCUT2D eigenvalue weighted by atomic mass is 19.3. The van der Waals surface area contributed by atoms with Crippen LogP contribution < -0.4 is 0 Å². The minimum atomic E-state index is -3.04. The van der Waals surface area contributed by atoms with E-state index in [4.69, 9.17) is 4.74 Å². The zero-order chi connectivity index (χ0) is 15.8. The molecule has 1 aromatic rings. The van der Waals surface area contributed by atoms with Crippen LogP contribution in [-0.2, 0) is 4.74 Å². The number of piperidine rings is 1. The monoisotopic (exact) mass is 301 g/mol. The fourth-order valence-corrected chi connectivity index (χ4v) is 2.42. The highest BCUT2D eigenvalue weighted by molar-refractivity contribution is 5.68. The van der Waals surface area contributed by atoms with Gasteiger partial charge in [-0.3, -0.25) is 4.68 Å². The standard InChI is InChI=1S/C14H21F2N3O2/c1-10-5-7-17-19(10)11-6-8-18(9-14(11,15)16)12(20)21-13(2,3)4/h5,7,11H,6,8-9H2,1-4H3. The summed E-state index contributed by atoms with van der Waals surface area (Å²) in [6, 6.07) is 0.669. The van der Waals surface area contributed by atoms with Crippen LogP contribution in [0.2, 0.25) is 0 Å². The van der Waals surface area contributed by atoms with Gasteiger partial charge in [0.15, 0.2) is 0 Å². The van der Waals surface area contributed by atoms with Gasteiger partial charge in [0.1, 0.15) is 11.6 Å². The number of aryl methyl sites for hydroxylation is 1. The van der Waals surface area contributed by atoms with E-state index in [1.165, 1.54) is 10.9 Å². The van der Waals surface area contributed by atoms with E-state index in [0.717, 1.165) is 4.90 Å². The Morgan fingerprint density at radius 2 is 2.14 bits per heavy atom. The first-order chi connectivity index (χ1) is 9.60. The molecule has 1 aliphatic heterocycles. The van der Waals surface area contributed by atoms with Crippen LogP contribution >= 0.6 is 0 Å². The number of ether oxygens (including phenoxy) is 1. The second-order valence-electron chi connectivity index (χ2n) is 6.38. The quantitative estimate of drug-likeness (QED) is 0.801. The summed E-state index contributed by atoms with van der Waals surface area (Å²) in [4.78, 5) is 13.0. The number of hydrogen-bond acceptors (Lipinski definition) is 3. The van der Waals surface area contributed by atoms with Crippen molar-refractivity contribution in [3.8, 4) is 0 Å². The number of nitrogens with zero attached hydrogens (tertiary/aromatic N) is 3. The van der Waals surface area contributed by atoms with Crippen LogP contribution in [0.4, 0.5) is 13.6 Å². The first-order valence-corrected chi connectivity index (χ1v) is 6.96. The smallest absolute Gasteiger partial charge is 0.410 e. The number of halogens is 2. The molecule has 21 heavy (non-hydrogen) atoms. The summed E-state index contributed by atoms with van der Waals surface area (Å²) in [7, 11) is 0. The Kier molecular flexibility index (Phi) is 3.95. The van der Waals surface area contributed by atoms with Gasteiger partial charge in [-0.1, -0.05) is 0 Å². The van der Waals surface area contributed by atoms with Crippen molar-refractivity contribution in [3.05, 3.63) is 18.0 Å². The van der Waals surface area contributed by atoms with Crippen LogP contribution in [0.1, 0.15) is 38.9 Å². The van der Waals surface area contributed by atoms with Crippen molar-refractivity contribution in [1.29, 1.82) is 0 Å². The molecule has 1 saturated heterocycles. The minimum Gasteiger partial charge on any atom is -0.444 e. The summed E-state index contributed by atoms with van der Waals surface area (Å²) in [5.74, 6) is -3.04. The highest BCUT2D eigenvalue weighted by Crippen LogP contribution is 2.37. The third kappa shape index (κ3) is 3.51. The van der Waals surface area contributed by atoms with Gasteiger partial charge < -0.3 is 9.64 Å². The second kappa shape index (κ2) is 5.27. The summed E-state index contributed by atoms with van der Waals surface area (Å²) >= 11 is 0. The van der Waals surface area contributed by atoms with Gasteiger partial charge in [0.05, 0.1) is 6.54 Å². The van der Waals surface area contributed by atoms with Crippen molar-refractivity contribution in [3.63, 3.8) is 0 Å². The Morgan fingerprint density at radius 3 is 2.62 bits per heavy atom. The molecule has 2 rings (SSSR count). The highest BCUT2D eigenvalue weighted by Gasteiger charge is 2.48. The third-order valence-electron chi connectivity index (χ3n) is 3.38. The number of hydrogen-bond donors (Lipinski definition) is 0. The molecule has 118 valence electrons. The summed E-state index contributed by atoms with van der Waals surface area (Å²) in [6.45, 7) is 6.46. The molecule has 7 heteroatoms. The van der Waals surface area contributed by atoms with E-state index in [1.807, 2.05) is 0 Å². The maximum atomic E-state index is 14.3. The molecule has 0 radical (unpaired) electrons. The lowest BCUT2D eigenvalue weighted by Crippen LogP contribution is -2.52. The van der Waals surface area contributed by atoms with Gasteiger partial charge in [-0.25, -0.2) is 13.6 Å². The molecule has 1 aromatic heterocycles. The van der Waals surface area contributed by atoms with Crippen molar-refractivity contribution in [2.75, 3.05) is 13.1 Å². The minimum absolute atomic E-state index is 0.148. The number of carbonyl (C=O) groups is 1. The average Bonchev–Trinajstić information content (AvgIpc) is 2.71. The number of aromatic nitrogens is 2. The zero-order valence-corrected chi connectivity index (χ0v) is 12.8. The van der Waals surface area contributed by atoms with E-state index in [9.17, 15) is 13.6 Å². The third-order valence-corrected chi connectivity index (χ3v) is 3.38. The van der Waals surface area contributed by atoms with Crippen molar-refractivity contribution >= 4 is 6.09 Å². The summed E-state index contributed by atoms with van der Waals surface area (Å²) in [5.41, 5.74) is -0.00712. The normalized spacial score (nSPS) is 22.2. The SMILES string of the molecule is Cc1ccnn1C1CCN(C(=O)OC(C)(C)C)CC1(F)F. The van der Waals surface area contributed by atoms with Gasteiger partial charge in [0, 0.05) is 18.4 Å². The number of amides is 1. The molecule has 0 N–H and O–H groups in total. The molecule has 0 bridgehead atoms. The van der Waals surface area contributed by atoms with Gasteiger partial charge in [0.25, 0.3) is 5.92 Å². The predicted molar refractivity (Wildman–Crippen MR) is 73.4 cm³/mol. The summed E-state index contributed by atoms with van der Waals surface area (Å²) < 4.78 is 35.2. The molecule has 1 atom stereocenters. The fourth-order valence-electron chi connectivity index (χ4n) is 2.42. The molecule has 0 aromatic carbocycles. The fraction of sp³-hybridized carbons (Fsp3) is 0.714. The van der Waals surface area contributed by atoms with Crippen LogP contribution in [0.15, 0.2) is 12.3 Å². The Labute approximate surface area is 122 Å². The van der Waals surface area contributed by atoms with Crippen molar-refractivity contribution in [1.82, 2.24) is 14.7 Å². The Balaban J connectivity index is 2.09. The maximum Gasteiger partial charge on any atom is 0.410 e. The summed E-state index contributed by atoms with van der Waals surface area (Å²) in [6.07, 6.45) is 0.957. The van der Waals surface area contributed by atoms with Gasteiger partial charge in [-0.2, -0.15) is 5.10 Å². The molecule has 1 aliphatic rings. The van der Waals surface area contributed by atoms with Crippen LogP contribution in [0.5, 0.6) is 0 Å². The predicted octanol–water partition coefficient (Wildman–Crippen LogP) is 3.01. The van der Waals surface area contributed by atoms with Crippen molar-refractivity contribution < 1.29 is 18.3 Å². The average molecular weight is 301 g/mol. The van der Waals surface area contributed by atoms with Crippen molar-refractivity contribution in [2.24, 2.45) is 0 Å². The first-order valence-electron chi connectivity index (χ1n) is 6.96. The number of alkyl halides is 2. The van der Waals surface area contributed by atoms with Crippen molar-refractivity contribution in [2.45, 2.75) is 51.7 Å². The molecule has 0 saturated carbocycles. The largest absolute Gasteiger partial charge is 0.444 e. The Morgan fingerprint density at radius 1 is 1.48 bits per heavy atom. The lowest BCUT2D eigenvalue weighted by Gasteiger charge is -2.39. The maximum absolute atomic E-state index is 14.3. The molecule has 1 fully saturated rings. The second-order valence-corrected chi connectivity index (χ2v) is 6.38. The molecular formula is C14H21F2N3O2. The van der Waals surface area contributed by atoms with Gasteiger partial charge in [-0.15, -0.1) is 0 Å². The van der Waals surface area contributed by atoms with E-state index in [1.54, 1.807) is 33.8 Å². The molecule has 1 unspecified atom stereocenters. The lowest BCUT2D eigenvalue weighted by atomic mass is 10.0. The number of rotatable bonds is 1. The molecule has 0 aliphatic carbocycles. The van der Waals surface area contributed by atoms with E-state index in [2.05, 4.69) is 5.10 Å². The van der Waals surface area contributed by atoms with Crippen LogP contribution in [0, 0.1) is 6.92 Å². The number of carbonyl (C=O) groups excluding carboxylic acids is 1. The molecule has 5 nitrogen and oxygen atoms in total. The van der Waals surface area contributed by atoms with E-state index in [-0.39, 0.29) is 13.0 Å². The molecule has 2 heterocycles. The topological polar surface area (TPSA) is 47.4 Å². The molecule has 1 amide bonds. The van der Waals surface area contributed by atoms with Crippen LogP contribution in [0.3, 0.4) is 0 Å². The molecular weight excluding hydrogens is 280 g/mol. The molecule has 0 spiro atoms. The first kappa shape index (κ1) is 15.7. The van der Waals surface area contributed by atoms with Gasteiger partial charge >= 0.3 is 6.09 Å². The zero-order valence-electron chi connectivity index (χ0n) is 12.8. The Hall–Kier alpha value is -1.66. The van der Waals surface area contributed by atoms with Gasteiger partial charge in [0.2, 0.25) is 0 Å². The van der Waals surface area contributed by atoms with E-state index in [0.29, 0.717) is 5.69 Å². The van der Waals surface area contributed by atoms with Crippen LogP contribution in [-0.4, -0.2) is 45.4 Å². The van der Waals surface area contributed by atoms with Gasteiger partial charge in [-0.05, 0) is 40.2 Å². The Bertz CT molecular complexity index is 523. The number of likely N-dealkylation sites (tertiary alicyclic amines) is 1. The van der Waals surface area contributed by atoms with E-state index < -0.39 is 30.2 Å².